The van der Waals surface area contributed by atoms with Crippen LogP contribution in [0.3, 0.4) is 0 Å². The SMILES string of the molecule is COC(=O)c1ccccc1Nc1cc(C(=O)Nc2c(C)cccc2C)nc(C)n1. The van der Waals surface area contributed by atoms with Gasteiger partial charge in [-0.15, -0.1) is 0 Å². The molecule has 0 aliphatic heterocycles. The van der Waals surface area contributed by atoms with E-state index in [-0.39, 0.29) is 11.6 Å². The number of esters is 1. The summed E-state index contributed by atoms with van der Waals surface area (Å²) in [5, 5.41) is 6.00. The molecule has 0 saturated heterocycles. The molecule has 0 atom stereocenters. The Bertz CT molecular complexity index is 1060. The lowest BCUT2D eigenvalue weighted by Crippen LogP contribution is -2.17. The fourth-order valence-corrected chi connectivity index (χ4v) is 2.96. The molecule has 7 heteroatoms. The number of anilines is 3. The maximum Gasteiger partial charge on any atom is 0.339 e. The first kappa shape index (κ1) is 20.0. The van der Waals surface area contributed by atoms with Gasteiger partial charge in [0.15, 0.2) is 0 Å². The number of hydrogen-bond donors (Lipinski definition) is 2. The Hall–Kier alpha value is -3.74. The number of aromatic nitrogens is 2. The van der Waals surface area contributed by atoms with E-state index in [9.17, 15) is 9.59 Å². The molecule has 0 saturated carbocycles. The van der Waals surface area contributed by atoms with Crippen molar-refractivity contribution in [2.45, 2.75) is 20.8 Å². The Kier molecular flexibility index (Phi) is 5.87. The number of nitrogens with zero attached hydrogens (tertiary/aromatic N) is 2. The van der Waals surface area contributed by atoms with Gasteiger partial charge in [0.1, 0.15) is 17.3 Å². The predicted octanol–water partition coefficient (Wildman–Crippen LogP) is 4.18. The Morgan fingerprint density at radius 1 is 0.931 bits per heavy atom. The van der Waals surface area contributed by atoms with Gasteiger partial charge in [-0.25, -0.2) is 14.8 Å². The third-order valence-electron chi connectivity index (χ3n) is 4.39. The van der Waals surface area contributed by atoms with Crippen LogP contribution < -0.4 is 10.6 Å². The fourth-order valence-electron chi connectivity index (χ4n) is 2.96. The topological polar surface area (TPSA) is 93.2 Å². The van der Waals surface area contributed by atoms with Gasteiger partial charge in [0.05, 0.1) is 18.4 Å². The van der Waals surface area contributed by atoms with E-state index in [1.807, 2.05) is 32.0 Å². The van der Waals surface area contributed by atoms with Crippen molar-refractivity contribution in [3.63, 3.8) is 0 Å². The van der Waals surface area contributed by atoms with Gasteiger partial charge in [-0.1, -0.05) is 30.3 Å². The number of rotatable bonds is 5. The van der Waals surface area contributed by atoms with E-state index < -0.39 is 5.97 Å². The standard InChI is InChI=1S/C22H22N4O3/c1-13-8-7-9-14(2)20(13)26-21(27)18-12-19(24-15(3)23-18)25-17-11-6-5-10-16(17)22(28)29-4/h5-12H,1-4H3,(H,26,27)(H,23,24,25). The van der Waals surface area contributed by atoms with Crippen molar-refractivity contribution in [3.8, 4) is 0 Å². The molecule has 3 aromatic rings. The first-order valence-corrected chi connectivity index (χ1v) is 9.06. The highest BCUT2D eigenvalue weighted by Gasteiger charge is 2.15. The Morgan fingerprint density at radius 2 is 1.62 bits per heavy atom. The smallest absolute Gasteiger partial charge is 0.339 e. The molecule has 1 aromatic heterocycles. The molecule has 0 aliphatic rings. The summed E-state index contributed by atoms with van der Waals surface area (Å²) >= 11 is 0. The first-order chi connectivity index (χ1) is 13.9. The van der Waals surface area contributed by atoms with Crippen molar-refractivity contribution < 1.29 is 14.3 Å². The summed E-state index contributed by atoms with van der Waals surface area (Å²) in [6.45, 7) is 5.57. The molecule has 1 amide bonds. The van der Waals surface area contributed by atoms with Crippen LogP contribution in [0.25, 0.3) is 0 Å². The molecular weight excluding hydrogens is 368 g/mol. The molecule has 29 heavy (non-hydrogen) atoms. The lowest BCUT2D eigenvalue weighted by atomic mass is 10.1. The largest absolute Gasteiger partial charge is 0.465 e. The molecule has 7 nitrogen and oxygen atoms in total. The second-order valence-corrected chi connectivity index (χ2v) is 6.57. The van der Waals surface area contributed by atoms with E-state index in [2.05, 4.69) is 20.6 Å². The van der Waals surface area contributed by atoms with Gasteiger partial charge in [-0.3, -0.25) is 4.79 Å². The molecule has 2 N–H and O–H groups in total. The van der Waals surface area contributed by atoms with Gasteiger partial charge in [-0.2, -0.15) is 0 Å². The van der Waals surface area contributed by atoms with Gasteiger partial charge in [0, 0.05) is 11.8 Å². The van der Waals surface area contributed by atoms with E-state index in [0.29, 0.717) is 22.9 Å². The lowest BCUT2D eigenvalue weighted by Gasteiger charge is -2.13. The zero-order chi connectivity index (χ0) is 21.0. The minimum absolute atomic E-state index is 0.221. The molecule has 1 heterocycles. The minimum atomic E-state index is -0.466. The number of hydrogen-bond acceptors (Lipinski definition) is 6. The number of nitrogens with one attached hydrogen (secondary N) is 2. The van der Waals surface area contributed by atoms with Crippen LogP contribution in [0.1, 0.15) is 37.8 Å². The molecule has 3 rings (SSSR count). The summed E-state index contributed by atoms with van der Waals surface area (Å²) in [6.07, 6.45) is 0. The maximum absolute atomic E-state index is 12.8. The highest BCUT2D eigenvalue weighted by molar-refractivity contribution is 6.04. The number of amides is 1. The summed E-state index contributed by atoms with van der Waals surface area (Å²) in [6, 6.07) is 14.3. The van der Waals surface area contributed by atoms with E-state index in [1.165, 1.54) is 7.11 Å². The average molecular weight is 390 g/mol. The van der Waals surface area contributed by atoms with Crippen molar-refractivity contribution in [3.05, 3.63) is 76.7 Å². The summed E-state index contributed by atoms with van der Waals surface area (Å²) in [5.74, 6) is 0.0294. The zero-order valence-electron chi connectivity index (χ0n) is 16.7. The summed E-state index contributed by atoms with van der Waals surface area (Å²) in [4.78, 5) is 33.3. The van der Waals surface area contributed by atoms with E-state index in [1.54, 1.807) is 37.3 Å². The average Bonchev–Trinajstić information content (AvgIpc) is 2.70. The maximum atomic E-state index is 12.8. The summed E-state index contributed by atoms with van der Waals surface area (Å²) in [5.41, 5.74) is 3.81. The lowest BCUT2D eigenvalue weighted by molar-refractivity contribution is 0.0601. The van der Waals surface area contributed by atoms with Crippen LogP contribution in [0.5, 0.6) is 0 Å². The number of aryl methyl sites for hydroxylation is 3. The summed E-state index contributed by atoms with van der Waals surface area (Å²) in [7, 11) is 1.32. The predicted molar refractivity (Wildman–Crippen MR) is 112 cm³/mol. The fraction of sp³-hybridized carbons (Fsp3) is 0.182. The Balaban J connectivity index is 1.89. The van der Waals surface area contributed by atoms with Crippen molar-refractivity contribution in [2.24, 2.45) is 0 Å². The van der Waals surface area contributed by atoms with E-state index >= 15 is 0 Å². The molecule has 148 valence electrons. The molecule has 0 radical (unpaired) electrons. The monoisotopic (exact) mass is 390 g/mol. The van der Waals surface area contributed by atoms with Crippen LogP contribution in [0, 0.1) is 20.8 Å². The second kappa shape index (κ2) is 8.52. The number of benzene rings is 2. The molecule has 0 bridgehead atoms. The van der Waals surface area contributed by atoms with Crippen molar-refractivity contribution in [1.29, 1.82) is 0 Å². The van der Waals surface area contributed by atoms with Crippen LogP contribution in [0.4, 0.5) is 17.2 Å². The van der Waals surface area contributed by atoms with E-state index in [4.69, 9.17) is 4.74 Å². The third kappa shape index (κ3) is 4.57. The number of carbonyl (C=O) groups excluding carboxylic acids is 2. The highest BCUT2D eigenvalue weighted by atomic mass is 16.5. The minimum Gasteiger partial charge on any atom is -0.465 e. The first-order valence-electron chi connectivity index (χ1n) is 9.06. The van der Waals surface area contributed by atoms with Gasteiger partial charge < -0.3 is 15.4 Å². The number of carbonyl (C=O) groups is 2. The van der Waals surface area contributed by atoms with Crippen LogP contribution in [0.15, 0.2) is 48.5 Å². The third-order valence-corrected chi connectivity index (χ3v) is 4.39. The second-order valence-electron chi connectivity index (χ2n) is 6.57. The molecule has 0 spiro atoms. The number of methoxy groups -OCH3 is 1. The quantitative estimate of drug-likeness (QED) is 0.635. The normalized spacial score (nSPS) is 10.3. The van der Waals surface area contributed by atoms with Crippen LogP contribution >= 0.6 is 0 Å². The van der Waals surface area contributed by atoms with Crippen LogP contribution in [-0.4, -0.2) is 29.0 Å². The Labute approximate surface area is 169 Å². The number of ether oxygens (including phenoxy) is 1. The molecular formula is C22H22N4O3. The van der Waals surface area contributed by atoms with Gasteiger partial charge in [0.2, 0.25) is 0 Å². The summed E-state index contributed by atoms with van der Waals surface area (Å²) < 4.78 is 4.81. The van der Waals surface area contributed by atoms with Gasteiger partial charge in [-0.05, 0) is 44.0 Å². The zero-order valence-corrected chi connectivity index (χ0v) is 16.7. The molecule has 2 aromatic carbocycles. The Morgan fingerprint density at radius 3 is 2.31 bits per heavy atom. The highest BCUT2D eigenvalue weighted by Crippen LogP contribution is 2.23. The van der Waals surface area contributed by atoms with Crippen LogP contribution in [-0.2, 0) is 4.74 Å². The van der Waals surface area contributed by atoms with Crippen molar-refractivity contribution in [2.75, 3.05) is 17.7 Å². The molecule has 0 unspecified atom stereocenters. The van der Waals surface area contributed by atoms with Gasteiger partial charge >= 0.3 is 5.97 Å². The molecule has 0 fully saturated rings. The van der Waals surface area contributed by atoms with Crippen molar-refractivity contribution >= 4 is 29.1 Å². The van der Waals surface area contributed by atoms with Crippen LogP contribution in [0.2, 0.25) is 0 Å². The molecule has 0 aliphatic carbocycles. The van der Waals surface area contributed by atoms with Gasteiger partial charge in [0.25, 0.3) is 5.91 Å². The van der Waals surface area contributed by atoms with Crippen molar-refractivity contribution in [1.82, 2.24) is 9.97 Å². The number of para-hydroxylation sites is 2. The van der Waals surface area contributed by atoms with E-state index in [0.717, 1.165) is 16.8 Å².